The van der Waals surface area contributed by atoms with Crippen molar-refractivity contribution in [2.24, 2.45) is 5.92 Å². The fourth-order valence-electron chi connectivity index (χ4n) is 3.15. The van der Waals surface area contributed by atoms with Gasteiger partial charge in [0.1, 0.15) is 0 Å². The van der Waals surface area contributed by atoms with Gasteiger partial charge in [0, 0.05) is 19.1 Å². The van der Waals surface area contributed by atoms with Crippen LogP contribution in [0.1, 0.15) is 42.9 Å². The Hall–Kier alpha value is -1.35. The Morgan fingerprint density at radius 3 is 2.79 bits per heavy atom. The molecule has 102 valence electrons. The first-order valence-electron chi connectivity index (χ1n) is 7.30. The van der Waals surface area contributed by atoms with E-state index in [4.69, 9.17) is 4.74 Å². The van der Waals surface area contributed by atoms with Crippen LogP contribution in [0.5, 0.6) is 0 Å². The van der Waals surface area contributed by atoms with E-state index in [0.717, 1.165) is 45.3 Å². The molecule has 3 heteroatoms. The number of carbonyl (C=O) groups excluding carboxylic acids is 1. The number of rotatable bonds is 2. The first-order chi connectivity index (χ1) is 9.34. The van der Waals surface area contributed by atoms with E-state index in [9.17, 15) is 4.79 Å². The molecule has 3 nitrogen and oxygen atoms in total. The van der Waals surface area contributed by atoms with Gasteiger partial charge in [-0.2, -0.15) is 0 Å². The van der Waals surface area contributed by atoms with Gasteiger partial charge in [0.05, 0.1) is 6.04 Å². The Labute approximate surface area is 114 Å². The van der Waals surface area contributed by atoms with E-state index in [-0.39, 0.29) is 17.9 Å². The molecule has 3 rings (SSSR count). The first-order valence-corrected chi connectivity index (χ1v) is 7.30. The molecule has 0 unspecified atom stereocenters. The fraction of sp³-hybridized carbons (Fsp3) is 0.562. The second kappa shape index (κ2) is 5.74. The number of amides is 1. The summed E-state index contributed by atoms with van der Waals surface area (Å²) >= 11 is 0. The van der Waals surface area contributed by atoms with Crippen LogP contribution in [0, 0.1) is 5.92 Å². The summed E-state index contributed by atoms with van der Waals surface area (Å²) in [6, 6.07) is 8.70. The van der Waals surface area contributed by atoms with Crippen LogP contribution in [0.3, 0.4) is 0 Å². The second-order valence-corrected chi connectivity index (χ2v) is 5.54. The average Bonchev–Trinajstić information content (AvgIpc) is 2.48. The molecule has 0 radical (unpaired) electrons. The highest BCUT2D eigenvalue weighted by Gasteiger charge is 2.26. The van der Waals surface area contributed by atoms with Crippen molar-refractivity contribution in [3.05, 3.63) is 35.4 Å². The third kappa shape index (κ3) is 2.81. The lowest BCUT2D eigenvalue weighted by Gasteiger charge is -2.29. The molecule has 1 fully saturated rings. The lowest BCUT2D eigenvalue weighted by molar-refractivity contribution is -0.128. The summed E-state index contributed by atoms with van der Waals surface area (Å²) in [5.74, 6) is 0.354. The second-order valence-electron chi connectivity index (χ2n) is 5.54. The van der Waals surface area contributed by atoms with Crippen molar-refractivity contribution < 1.29 is 9.53 Å². The van der Waals surface area contributed by atoms with Crippen LogP contribution in [-0.4, -0.2) is 19.1 Å². The Kier molecular flexibility index (Phi) is 3.83. The monoisotopic (exact) mass is 259 g/mol. The molecule has 1 aliphatic heterocycles. The molecule has 1 aromatic rings. The average molecular weight is 259 g/mol. The van der Waals surface area contributed by atoms with Gasteiger partial charge in [0.15, 0.2) is 0 Å². The summed E-state index contributed by atoms with van der Waals surface area (Å²) in [4.78, 5) is 12.3. The number of fused-ring (bicyclic) bond motifs is 1. The Morgan fingerprint density at radius 2 is 1.95 bits per heavy atom. The smallest absolute Gasteiger partial charge is 0.223 e. The molecular weight excluding hydrogens is 238 g/mol. The minimum atomic E-state index is 0.142. The zero-order valence-corrected chi connectivity index (χ0v) is 11.2. The standard InChI is InChI=1S/C16H21NO2/c18-16(13-8-10-19-11-9-13)17-15-7-3-5-12-4-1-2-6-14(12)15/h1-2,4,6,13,15H,3,5,7-11H2,(H,17,18)/t15-/m0/s1. The van der Waals surface area contributed by atoms with Crippen LogP contribution in [0.2, 0.25) is 0 Å². The summed E-state index contributed by atoms with van der Waals surface area (Å²) in [5.41, 5.74) is 2.71. The van der Waals surface area contributed by atoms with Gasteiger partial charge in [-0.1, -0.05) is 24.3 Å². The van der Waals surface area contributed by atoms with Crippen molar-refractivity contribution in [3.63, 3.8) is 0 Å². The van der Waals surface area contributed by atoms with Crippen molar-refractivity contribution in [2.45, 2.75) is 38.1 Å². The van der Waals surface area contributed by atoms with Crippen molar-refractivity contribution in [1.29, 1.82) is 0 Å². The summed E-state index contributed by atoms with van der Waals surface area (Å²) in [5, 5.41) is 3.25. The van der Waals surface area contributed by atoms with Gasteiger partial charge in [0.25, 0.3) is 0 Å². The van der Waals surface area contributed by atoms with E-state index >= 15 is 0 Å². The molecule has 0 aromatic heterocycles. The van der Waals surface area contributed by atoms with Crippen LogP contribution >= 0.6 is 0 Å². The van der Waals surface area contributed by atoms with Crippen LogP contribution in [-0.2, 0) is 16.0 Å². The topological polar surface area (TPSA) is 38.3 Å². The number of hydrogen-bond acceptors (Lipinski definition) is 2. The number of benzene rings is 1. The number of ether oxygens (including phenoxy) is 1. The third-order valence-corrected chi connectivity index (χ3v) is 4.28. The zero-order chi connectivity index (χ0) is 13.1. The lowest BCUT2D eigenvalue weighted by atomic mass is 9.87. The van der Waals surface area contributed by atoms with Gasteiger partial charge in [-0.3, -0.25) is 4.79 Å². The normalized spacial score (nSPS) is 23.7. The molecule has 2 aliphatic rings. The van der Waals surface area contributed by atoms with E-state index in [1.54, 1.807) is 0 Å². The zero-order valence-electron chi connectivity index (χ0n) is 11.2. The van der Waals surface area contributed by atoms with Crippen molar-refractivity contribution in [1.82, 2.24) is 5.32 Å². The third-order valence-electron chi connectivity index (χ3n) is 4.28. The summed E-state index contributed by atoms with van der Waals surface area (Å²) < 4.78 is 5.32. The number of carbonyl (C=O) groups is 1. The van der Waals surface area contributed by atoms with Crippen LogP contribution in [0.4, 0.5) is 0 Å². The summed E-state index contributed by atoms with van der Waals surface area (Å²) in [6.45, 7) is 1.44. The predicted molar refractivity (Wildman–Crippen MR) is 73.8 cm³/mol. The lowest BCUT2D eigenvalue weighted by Crippen LogP contribution is -2.37. The Bertz CT molecular complexity index is 452. The van der Waals surface area contributed by atoms with E-state index in [1.807, 2.05) is 0 Å². The van der Waals surface area contributed by atoms with Crippen LogP contribution in [0.25, 0.3) is 0 Å². The van der Waals surface area contributed by atoms with E-state index in [1.165, 1.54) is 11.1 Å². The SMILES string of the molecule is O=C(N[C@H]1CCCc2ccccc21)C1CCOCC1. The molecule has 1 aliphatic carbocycles. The number of nitrogens with one attached hydrogen (secondary N) is 1. The minimum Gasteiger partial charge on any atom is -0.381 e. The molecule has 0 spiro atoms. The molecule has 1 saturated heterocycles. The fourth-order valence-corrected chi connectivity index (χ4v) is 3.15. The maximum atomic E-state index is 12.3. The molecule has 0 saturated carbocycles. The Morgan fingerprint density at radius 1 is 1.16 bits per heavy atom. The largest absolute Gasteiger partial charge is 0.381 e. The number of aryl methyl sites for hydroxylation is 1. The van der Waals surface area contributed by atoms with Gasteiger partial charge in [-0.15, -0.1) is 0 Å². The van der Waals surface area contributed by atoms with Crippen LogP contribution in [0.15, 0.2) is 24.3 Å². The summed E-state index contributed by atoms with van der Waals surface area (Å²) in [7, 11) is 0. The predicted octanol–water partition coefficient (Wildman–Crippen LogP) is 2.61. The highest BCUT2D eigenvalue weighted by Crippen LogP contribution is 2.30. The van der Waals surface area contributed by atoms with E-state index in [0.29, 0.717) is 0 Å². The first kappa shape index (κ1) is 12.7. The maximum absolute atomic E-state index is 12.3. The Balaban J connectivity index is 1.68. The molecule has 1 aromatic carbocycles. The number of hydrogen-bond donors (Lipinski definition) is 1. The summed E-state index contributed by atoms with van der Waals surface area (Å²) in [6.07, 6.45) is 5.09. The minimum absolute atomic E-state index is 0.142. The molecular formula is C16H21NO2. The van der Waals surface area contributed by atoms with Gasteiger partial charge < -0.3 is 10.1 Å². The van der Waals surface area contributed by atoms with Crippen molar-refractivity contribution in [3.8, 4) is 0 Å². The van der Waals surface area contributed by atoms with Gasteiger partial charge in [-0.25, -0.2) is 0 Å². The van der Waals surface area contributed by atoms with Crippen LogP contribution < -0.4 is 5.32 Å². The van der Waals surface area contributed by atoms with E-state index < -0.39 is 0 Å². The molecule has 19 heavy (non-hydrogen) atoms. The van der Waals surface area contributed by atoms with E-state index in [2.05, 4.69) is 29.6 Å². The van der Waals surface area contributed by atoms with Crippen molar-refractivity contribution in [2.75, 3.05) is 13.2 Å². The quantitative estimate of drug-likeness (QED) is 0.886. The molecule has 1 amide bonds. The van der Waals surface area contributed by atoms with Gasteiger partial charge in [0.2, 0.25) is 5.91 Å². The molecule has 1 heterocycles. The van der Waals surface area contributed by atoms with Gasteiger partial charge >= 0.3 is 0 Å². The highest BCUT2D eigenvalue weighted by atomic mass is 16.5. The molecule has 1 atom stereocenters. The molecule has 0 bridgehead atoms. The molecule has 1 N–H and O–H groups in total. The highest BCUT2D eigenvalue weighted by molar-refractivity contribution is 5.79. The maximum Gasteiger partial charge on any atom is 0.223 e. The van der Waals surface area contributed by atoms with Gasteiger partial charge in [-0.05, 0) is 43.2 Å². The van der Waals surface area contributed by atoms with Crippen molar-refractivity contribution >= 4 is 5.91 Å².